The van der Waals surface area contributed by atoms with Crippen LogP contribution in [0.4, 0.5) is 0 Å². The maximum Gasteiger partial charge on any atom is 0.277 e. The fourth-order valence-electron chi connectivity index (χ4n) is 3.94. The average Bonchev–Trinajstić information content (AvgIpc) is 3.00. The molecule has 5 nitrogen and oxygen atoms in total. The number of hydrogen-bond acceptors (Lipinski definition) is 4. The number of rotatable bonds is 6. The summed E-state index contributed by atoms with van der Waals surface area (Å²) in [5, 5.41) is 2.60. The molecule has 4 aromatic rings. The smallest absolute Gasteiger partial charge is 0.277 e. The van der Waals surface area contributed by atoms with Crippen molar-refractivity contribution in [2.24, 2.45) is 0 Å². The van der Waals surface area contributed by atoms with Gasteiger partial charge in [-0.25, -0.2) is 10.0 Å². The van der Waals surface area contributed by atoms with Crippen LogP contribution in [-0.4, -0.2) is 22.5 Å². The van der Waals surface area contributed by atoms with Crippen molar-refractivity contribution in [1.82, 2.24) is 10.0 Å². The molecule has 1 aromatic heterocycles. The highest BCUT2D eigenvalue weighted by molar-refractivity contribution is 5.95. The van der Waals surface area contributed by atoms with Crippen LogP contribution in [0.3, 0.4) is 0 Å². The molecule has 32 heavy (non-hydrogen) atoms. The van der Waals surface area contributed by atoms with Crippen LogP contribution >= 0.6 is 0 Å². The molecule has 0 atom stereocenters. The van der Waals surface area contributed by atoms with E-state index in [9.17, 15) is 4.79 Å². The first-order chi connectivity index (χ1) is 15.8. The van der Waals surface area contributed by atoms with Crippen molar-refractivity contribution in [2.75, 3.05) is 6.54 Å². The van der Waals surface area contributed by atoms with Crippen LogP contribution in [0.1, 0.15) is 33.6 Å². The molecule has 0 aliphatic carbocycles. The first-order valence-electron chi connectivity index (χ1n) is 10.9. The van der Waals surface area contributed by atoms with Gasteiger partial charge in [-0.3, -0.25) is 9.63 Å². The second-order valence-corrected chi connectivity index (χ2v) is 7.87. The largest absolute Gasteiger partial charge is 0.487 e. The van der Waals surface area contributed by atoms with E-state index in [2.05, 4.69) is 11.1 Å². The molecule has 5 heteroatoms. The number of hydroxylamine groups is 2. The van der Waals surface area contributed by atoms with E-state index in [0.29, 0.717) is 19.8 Å². The number of aromatic nitrogens is 1. The molecule has 0 unspecified atom stereocenters. The van der Waals surface area contributed by atoms with Gasteiger partial charge in [-0.1, -0.05) is 54.6 Å². The minimum atomic E-state index is -0.0760. The second-order valence-electron chi connectivity index (χ2n) is 7.87. The van der Waals surface area contributed by atoms with E-state index in [1.165, 1.54) is 5.06 Å². The van der Waals surface area contributed by atoms with E-state index < -0.39 is 0 Å². The number of ether oxygens (including phenoxy) is 1. The third kappa shape index (κ3) is 4.48. The van der Waals surface area contributed by atoms with E-state index in [1.807, 2.05) is 78.9 Å². The normalized spacial score (nSPS) is 13.6. The van der Waals surface area contributed by atoms with Crippen LogP contribution in [0.25, 0.3) is 10.9 Å². The van der Waals surface area contributed by atoms with Gasteiger partial charge in [0.2, 0.25) is 0 Å². The minimum absolute atomic E-state index is 0.0760. The Morgan fingerprint density at radius 3 is 2.72 bits per heavy atom. The molecule has 0 spiro atoms. The standard InChI is InChI=1S/C27H24N2O3/c30-27-25-12-3-1-8-21(25)10-6-16-29(27)32-18-20-7-5-11-24(17-20)31-19-23-15-14-22-9-2-4-13-26(22)28-23/h1-5,7-9,11-15,17H,6,10,16,18-19H2. The number of para-hydroxylation sites is 1. The SMILES string of the molecule is O=C1c2ccccc2CCCN1OCc1cccc(OCc2ccc3ccccc3n2)c1. The molecule has 1 aliphatic rings. The highest BCUT2D eigenvalue weighted by atomic mass is 16.7. The molecule has 0 bridgehead atoms. The van der Waals surface area contributed by atoms with Crippen LogP contribution in [-0.2, 0) is 24.5 Å². The van der Waals surface area contributed by atoms with E-state index >= 15 is 0 Å². The summed E-state index contributed by atoms with van der Waals surface area (Å²) in [7, 11) is 0. The van der Waals surface area contributed by atoms with Crippen LogP contribution in [0.5, 0.6) is 5.75 Å². The van der Waals surface area contributed by atoms with Crippen molar-refractivity contribution in [2.45, 2.75) is 26.1 Å². The fourth-order valence-corrected chi connectivity index (χ4v) is 3.94. The van der Waals surface area contributed by atoms with Gasteiger partial charge in [-0.2, -0.15) is 0 Å². The van der Waals surface area contributed by atoms with Crippen molar-refractivity contribution in [1.29, 1.82) is 0 Å². The monoisotopic (exact) mass is 424 g/mol. The van der Waals surface area contributed by atoms with E-state index in [1.54, 1.807) is 0 Å². The molecule has 0 fully saturated rings. The molecule has 2 heterocycles. The number of pyridine rings is 1. The minimum Gasteiger partial charge on any atom is -0.487 e. The van der Waals surface area contributed by atoms with Crippen molar-refractivity contribution >= 4 is 16.8 Å². The predicted octanol–water partition coefficient (Wildman–Crippen LogP) is 5.33. The summed E-state index contributed by atoms with van der Waals surface area (Å²) in [4.78, 5) is 23.4. The van der Waals surface area contributed by atoms with E-state index in [0.717, 1.165) is 51.9 Å². The summed E-state index contributed by atoms with van der Waals surface area (Å²) in [6.07, 6.45) is 1.76. The summed E-state index contributed by atoms with van der Waals surface area (Å²) >= 11 is 0. The molecule has 1 amide bonds. The highest BCUT2D eigenvalue weighted by Crippen LogP contribution is 2.21. The summed E-state index contributed by atoms with van der Waals surface area (Å²) in [5.74, 6) is 0.668. The second kappa shape index (κ2) is 9.20. The third-order valence-corrected chi connectivity index (χ3v) is 5.61. The van der Waals surface area contributed by atoms with Crippen LogP contribution in [0.2, 0.25) is 0 Å². The topological polar surface area (TPSA) is 51.7 Å². The number of amides is 1. The molecule has 1 aliphatic heterocycles. The predicted molar refractivity (Wildman–Crippen MR) is 123 cm³/mol. The van der Waals surface area contributed by atoms with Crippen molar-refractivity contribution in [3.8, 4) is 5.75 Å². The van der Waals surface area contributed by atoms with Gasteiger partial charge in [0.25, 0.3) is 5.91 Å². The summed E-state index contributed by atoms with van der Waals surface area (Å²) in [6.45, 7) is 1.27. The zero-order valence-electron chi connectivity index (χ0n) is 17.7. The molecule has 0 saturated heterocycles. The quantitative estimate of drug-likeness (QED) is 0.420. The van der Waals surface area contributed by atoms with Gasteiger partial charge in [0, 0.05) is 17.5 Å². The fraction of sp³-hybridized carbons (Fsp3) is 0.185. The molecular formula is C27H24N2O3. The van der Waals surface area contributed by atoms with Crippen molar-refractivity contribution in [3.63, 3.8) is 0 Å². The third-order valence-electron chi connectivity index (χ3n) is 5.61. The van der Waals surface area contributed by atoms with Gasteiger partial charge in [0.15, 0.2) is 0 Å². The number of carbonyl (C=O) groups excluding carboxylic acids is 1. The Bertz CT molecular complexity index is 1250. The Morgan fingerprint density at radius 1 is 0.875 bits per heavy atom. The van der Waals surface area contributed by atoms with E-state index in [-0.39, 0.29) is 5.91 Å². The van der Waals surface area contributed by atoms with Gasteiger partial charge >= 0.3 is 0 Å². The van der Waals surface area contributed by atoms with Crippen molar-refractivity contribution < 1.29 is 14.4 Å². The first-order valence-corrected chi connectivity index (χ1v) is 10.9. The van der Waals surface area contributed by atoms with Gasteiger partial charge in [0.05, 0.1) is 11.2 Å². The van der Waals surface area contributed by atoms with Gasteiger partial charge in [-0.15, -0.1) is 0 Å². The molecule has 160 valence electrons. The Kier molecular flexibility index (Phi) is 5.81. The zero-order valence-corrected chi connectivity index (χ0v) is 17.7. The maximum absolute atomic E-state index is 12.8. The molecule has 3 aromatic carbocycles. The maximum atomic E-state index is 12.8. The summed E-state index contributed by atoms with van der Waals surface area (Å²) in [5.41, 5.74) is 4.59. The number of carbonyl (C=O) groups is 1. The Balaban J connectivity index is 1.22. The lowest BCUT2D eigenvalue weighted by molar-refractivity contribution is -0.133. The lowest BCUT2D eigenvalue weighted by atomic mass is 10.0. The number of fused-ring (bicyclic) bond motifs is 2. The van der Waals surface area contributed by atoms with Gasteiger partial charge in [-0.05, 0) is 54.3 Å². The van der Waals surface area contributed by atoms with Crippen LogP contribution in [0.15, 0.2) is 84.9 Å². The number of nitrogens with zero attached hydrogens (tertiary/aromatic N) is 2. The first kappa shape index (κ1) is 20.2. The van der Waals surface area contributed by atoms with Crippen LogP contribution in [0, 0.1) is 0 Å². The lowest BCUT2D eigenvalue weighted by Crippen LogP contribution is -2.31. The molecule has 5 rings (SSSR count). The molecule has 0 radical (unpaired) electrons. The lowest BCUT2D eigenvalue weighted by Gasteiger charge is -2.20. The number of aryl methyl sites for hydroxylation is 1. The summed E-state index contributed by atoms with van der Waals surface area (Å²) < 4.78 is 5.96. The molecule has 0 saturated carbocycles. The van der Waals surface area contributed by atoms with Crippen LogP contribution < -0.4 is 4.74 Å². The number of benzene rings is 3. The Hall–Kier alpha value is -3.70. The Labute approximate surface area is 187 Å². The molecule has 0 N–H and O–H groups in total. The molecular weight excluding hydrogens is 400 g/mol. The van der Waals surface area contributed by atoms with Gasteiger partial charge < -0.3 is 4.74 Å². The Morgan fingerprint density at radius 2 is 1.75 bits per heavy atom. The number of hydrogen-bond donors (Lipinski definition) is 0. The summed E-state index contributed by atoms with van der Waals surface area (Å²) in [6, 6.07) is 27.6. The highest BCUT2D eigenvalue weighted by Gasteiger charge is 2.22. The van der Waals surface area contributed by atoms with Gasteiger partial charge in [0.1, 0.15) is 19.0 Å². The van der Waals surface area contributed by atoms with E-state index in [4.69, 9.17) is 9.57 Å². The zero-order chi connectivity index (χ0) is 21.8. The average molecular weight is 425 g/mol. The van der Waals surface area contributed by atoms with Crippen molar-refractivity contribution in [3.05, 3.63) is 107 Å².